The van der Waals surface area contributed by atoms with E-state index in [1.165, 1.54) is 12.1 Å². The van der Waals surface area contributed by atoms with Gasteiger partial charge >= 0.3 is 5.97 Å². The first-order valence-corrected chi connectivity index (χ1v) is 10.0. The van der Waals surface area contributed by atoms with Crippen molar-refractivity contribution < 1.29 is 23.8 Å². The van der Waals surface area contributed by atoms with Gasteiger partial charge in [-0.05, 0) is 48.6 Å². The van der Waals surface area contributed by atoms with Crippen LogP contribution in [-0.4, -0.2) is 36.6 Å². The molecule has 7 heteroatoms. The van der Waals surface area contributed by atoms with Crippen molar-refractivity contribution in [1.82, 2.24) is 0 Å². The predicted molar refractivity (Wildman–Crippen MR) is 111 cm³/mol. The van der Waals surface area contributed by atoms with E-state index in [1.807, 2.05) is 19.1 Å². The van der Waals surface area contributed by atoms with E-state index in [9.17, 15) is 14.3 Å². The van der Waals surface area contributed by atoms with Crippen molar-refractivity contribution in [2.45, 2.75) is 44.8 Å². The number of hydrogen-bond acceptors (Lipinski definition) is 5. The maximum Gasteiger partial charge on any atom is 0.337 e. The van der Waals surface area contributed by atoms with Crippen LogP contribution in [0.4, 0.5) is 4.39 Å². The van der Waals surface area contributed by atoms with Gasteiger partial charge in [-0.3, -0.25) is 0 Å². The Morgan fingerprint density at radius 3 is 2.66 bits per heavy atom. The van der Waals surface area contributed by atoms with Gasteiger partial charge in [-0.25, -0.2) is 9.18 Å². The maximum atomic E-state index is 14.0. The van der Waals surface area contributed by atoms with E-state index in [4.69, 9.17) is 26.8 Å². The van der Waals surface area contributed by atoms with Gasteiger partial charge in [-0.1, -0.05) is 49.2 Å². The summed E-state index contributed by atoms with van der Waals surface area (Å²) in [4.78, 5) is 11.8. The summed E-state index contributed by atoms with van der Waals surface area (Å²) in [6.07, 6.45) is 1.09. The predicted octanol–water partition coefficient (Wildman–Crippen LogP) is 4.08. The molecule has 0 unspecified atom stereocenters. The van der Waals surface area contributed by atoms with Crippen molar-refractivity contribution in [3.05, 3.63) is 58.9 Å². The molecule has 2 aromatic carbocycles. The minimum absolute atomic E-state index is 0.0679. The fourth-order valence-corrected chi connectivity index (χ4v) is 2.98. The van der Waals surface area contributed by atoms with Crippen molar-refractivity contribution in [3.63, 3.8) is 0 Å². The largest absolute Gasteiger partial charge is 0.437 e. The van der Waals surface area contributed by atoms with Crippen LogP contribution in [0.1, 0.15) is 31.7 Å². The van der Waals surface area contributed by atoms with E-state index in [-0.39, 0.29) is 19.0 Å². The van der Waals surface area contributed by atoms with Gasteiger partial charge in [0.2, 0.25) is 0 Å². The Labute approximate surface area is 175 Å². The maximum absolute atomic E-state index is 14.0. The molecule has 0 aliphatic heterocycles. The van der Waals surface area contributed by atoms with E-state index in [2.05, 4.69) is 0 Å². The van der Waals surface area contributed by atoms with Crippen LogP contribution in [-0.2, 0) is 20.7 Å². The molecule has 2 aromatic rings. The number of hydrogen-bond donors (Lipinski definition) is 2. The molecule has 2 atom stereocenters. The lowest BCUT2D eigenvalue weighted by molar-refractivity contribution is -0.166. The fourth-order valence-electron chi connectivity index (χ4n) is 2.81. The third-order valence-electron chi connectivity index (χ3n) is 4.42. The topological polar surface area (TPSA) is 81.8 Å². The van der Waals surface area contributed by atoms with Crippen LogP contribution in [0.5, 0.6) is 0 Å². The fraction of sp³-hybridized carbons (Fsp3) is 0.409. The molecule has 0 aliphatic carbocycles. The molecule has 0 bridgehead atoms. The van der Waals surface area contributed by atoms with Gasteiger partial charge in [0.05, 0.1) is 6.61 Å². The zero-order valence-electron chi connectivity index (χ0n) is 16.4. The Hall–Kier alpha value is -1.99. The van der Waals surface area contributed by atoms with E-state index in [1.54, 1.807) is 18.2 Å². The molecule has 0 aromatic heterocycles. The number of esters is 1. The average Bonchev–Trinajstić information content (AvgIpc) is 2.70. The number of benzene rings is 2. The molecule has 0 radical (unpaired) electrons. The number of halogens is 2. The number of ether oxygens (including phenoxy) is 2. The first-order chi connectivity index (χ1) is 13.9. The van der Waals surface area contributed by atoms with Crippen molar-refractivity contribution >= 4 is 17.6 Å². The summed E-state index contributed by atoms with van der Waals surface area (Å²) in [7, 11) is 0. The Bertz CT molecular complexity index is 785. The number of carbonyl (C=O) groups is 1. The van der Waals surface area contributed by atoms with Crippen molar-refractivity contribution in [3.8, 4) is 11.1 Å². The van der Waals surface area contributed by atoms with Crippen LogP contribution in [0.2, 0.25) is 5.02 Å². The molecule has 2 rings (SSSR count). The van der Waals surface area contributed by atoms with E-state index < -0.39 is 18.1 Å². The molecule has 5 nitrogen and oxygen atoms in total. The van der Waals surface area contributed by atoms with Crippen LogP contribution in [0, 0.1) is 5.82 Å². The number of carbonyl (C=O) groups excluding carboxylic acids is 1. The zero-order valence-corrected chi connectivity index (χ0v) is 17.2. The average molecular weight is 424 g/mol. The zero-order chi connectivity index (χ0) is 21.2. The highest BCUT2D eigenvalue weighted by atomic mass is 35.5. The summed E-state index contributed by atoms with van der Waals surface area (Å²) in [5.41, 5.74) is 8.09. The molecule has 0 saturated carbocycles. The summed E-state index contributed by atoms with van der Waals surface area (Å²) < 4.78 is 24.0. The van der Waals surface area contributed by atoms with Gasteiger partial charge in [0.15, 0.2) is 12.9 Å². The monoisotopic (exact) mass is 423 g/mol. The highest BCUT2D eigenvalue weighted by Crippen LogP contribution is 2.26. The molecular formula is C22H27ClFNO4. The summed E-state index contributed by atoms with van der Waals surface area (Å²) in [5.74, 6) is -1.09. The molecule has 29 heavy (non-hydrogen) atoms. The van der Waals surface area contributed by atoms with Crippen LogP contribution in [0.25, 0.3) is 11.1 Å². The third kappa shape index (κ3) is 7.74. The Morgan fingerprint density at radius 2 is 1.97 bits per heavy atom. The van der Waals surface area contributed by atoms with Gasteiger partial charge in [0.25, 0.3) is 0 Å². The molecule has 0 amide bonds. The Kier molecular flexibility index (Phi) is 9.54. The summed E-state index contributed by atoms with van der Waals surface area (Å²) >= 11 is 5.94. The van der Waals surface area contributed by atoms with Gasteiger partial charge in [0, 0.05) is 16.6 Å². The number of aliphatic hydroxyl groups excluding tert-OH is 1. The molecule has 0 fully saturated rings. The molecule has 0 spiro atoms. The number of aliphatic hydroxyl groups is 1. The molecule has 0 heterocycles. The van der Waals surface area contributed by atoms with E-state index in [0.29, 0.717) is 29.2 Å². The minimum Gasteiger partial charge on any atom is -0.437 e. The van der Waals surface area contributed by atoms with E-state index in [0.717, 1.165) is 18.4 Å². The first kappa shape index (κ1) is 23.3. The van der Waals surface area contributed by atoms with Gasteiger partial charge in [-0.15, -0.1) is 0 Å². The molecular weight excluding hydrogens is 397 g/mol. The van der Waals surface area contributed by atoms with Crippen LogP contribution < -0.4 is 5.73 Å². The SMILES string of the molecule is CCCCOCOC(=O)[C@H](O)C[C@H](N)Cc1ccc(-c2cc(Cl)ccc2F)cc1. The smallest absolute Gasteiger partial charge is 0.337 e. The van der Waals surface area contributed by atoms with Crippen LogP contribution in [0.3, 0.4) is 0 Å². The summed E-state index contributed by atoms with van der Waals surface area (Å²) in [6.45, 7) is 2.37. The Morgan fingerprint density at radius 1 is 1.24 bits per heavy atom. The first-order valence-electron chi connectivity index (χ1n) is 9.63. The third-order valence-corrected chi connectivity index (χ3v) is 4.65. The van der Waals surface area contributed by atoms with Gasteiger partial charge in [-0.2, -0.15) is 0 Å². The number of rotatable bonds is 11. The highest BCUT2D eigenvalue weighted by Gasteiger charge is 2.20. The van der Waals surface area contributed by atoms with Crippen LogP contribution >= 0.6 is 11.6 Å². The van der Waals surface area contributed by atoms with Crippen molar-refractivity contribution in [2.75, 3.05) is 13.4 Å². The molecule has 0 aliphatic rings. The van der Waals surface area contributed by atoms with Crippen molar-refractivity contribution in [1.29, 1.82) is 0 Å². The lowest BCUT2D eigenvalue weighted by Crippen LogP contribution is -2.33. The van der Waals surface area contributed by atoms with Crippen LogP contribution in [0.15, 0.2) is 42.5 Å². The van der Waals surface area contributed by atoms with Gasteiger partial charge in [0.1, 0.15) is 5.82 Å². The number of unbranched alkanes of at least 4 members (excludes halogenated alkanes) is 1. The molecule has 0 saturated heterocycles. The lowest BCUT2D eigenvalue weighted by atomic mass is 9.98. The van der Waals surface area contributed by atoms with E-state index >= 15 is 0 Å². The molecule has 3 N–H and O–H groups in total. The Balaban J connectivity index is 1.83. The normalized spacial score (nSPS) is 13.1. The molecule has 158 valence electrons. The highest BCUT2D eigenvalue weighted by molar-refractivity contribution is 6.30. The quantitative estimate of drug-likeness (QED) is 0.323. The second-order valence-corrected chi connectivity index (χ2v) is 7.32. The van der Waals surface area contributed by atoms with Crippen molar-refractivity contribution in [2.24, 2.45) is 5.73 Å². The summed E-state index contributed by atoms with van der Waals surface area (Å²) in [5, 5.41) is 10.4. The second-order valence-electron chi connectivity index (χ2n) is 6.88. The second kappa shape index (κ2) is 11.9. The lowest BCUT2D eigenvalue weighted by Gasteiger charge is -2.16. The number of nitrogens with two attached hydrogens (primary N) is 1. The standard InChI is InChI=1S/C22H27ClFNO4/c1-2-3-10-28-14-29-22(27)21(26)13-18(25)11-15-4-6-16(7-5-15)19-12-17(23)8-9-20(19)24/h4-9,12,18,21,26H,2-3,10-11,13-14,25H2,1H3/t18-,21-/m1/s1. The minimum atomic E-state index is -1.31. The van der Waals surface area contributed by atoms with Gasteiger partial charge < -0.3 is 20.3 Å². The summed E-state index contributed by atoms with van der Waals surface area (Å²) in [6, 6.07) is 11.2.